The Balaban J connectivity index is 2.10. The molecule has 4 nitrogen and oxygen atoms in total. The van der Waals surface area contributed by atoms with Gasteiger partial charge in [0.1, 0.15) is 4.88 Å². The van der Waals surface area contributed by atoms with E-state index in [0.717, 1.165) is 11.5 Å². The quantitative estimate of drug-likeness (QED) is 0.807. The summed E-state index contributed by atoms with van der Waals surface area (Å²) in [5.74, 6) is -0.156. The molecular formula is C16H19N3OS. The molecule has 0 aliphatic carbocycles. The molecule has 1 aromatic heterocycles. The van der Waals surface area contributed by atoms with Crippen molar-refractivity contribution in [1.82, 2.24) is 5.32 Å². The van der Waals surface area contributed by atoms with Gasteiger partial charge in [-0.25, -0.2) is 0 Å². The van der Waals surface area contributed by atoms with Gasteiger partial charge in [-0.3, -0.25) is 4.79 Å². The largest absolute Gasteiger partial charge is 0.397 e. The Labute approximate surface area is 128 Å². The van der Waals surface area contributed by atoms with Crippen LogP contribution in [0.5, 0.6) is 0 Å². The topological polar surface area (TPSA) is 58.4 Å². The zero-order valence-electron chi connectivity index (χ0n) is 12.0. The van der Waals surface area contributed by atoms with Gasteiger partial charge in [-0.05, 0) is 11.6 Å². The first kappa shape index (κ1) is 15.1. The lowest BCUT2D eigenvalue weighted by molar-refractivity contribution is 0.0963. The van der Waals surface area contributed by atoms with Crippen LogP contribution >= 0.6 is 11.3 Å². The van der Waals surface area contributed by atoms with Crippen LogP contribution in [-0.4, -0.2) is 19.5 Å². The van der Waals surface area contributed by atoms with E-state index in [1.807, 2.05) is 31.3 Å². The molecule has 0 aliphatic rings. The number of nitrogens with two attached hydrogens (primary N) is 1. The van der Waals surface area contributed by atoms with E-state index in [9.17, 15) is 4.79 Å². The Morgan fingerprint density at radius 2 is 2.14 bits per heavy atom. The molecule has 110 valence electrons. The second-order valence-electron chi connectivity index (χ2n) is 4.71. The van der Waals surface area contributed by atoms with E-state index < -0.39 is 0 Å². The van der Waals surface area contributed by atoms with Crippen LogP contribution in [0, 0.1) is 0 Å². The molecule has 21 heavy (non-hydrogen) atoms. The van der Waals surface area contributed by atoms with Gasteiger partial charge in [0.05, 0.1) is 10.7 Å². The molecule has 2 rings (SSSR count). The van der Waals surface area contributed by atoms with Gasteiger partial charge in [0, 0.05) is 20.1 Å². The third kappa shape index (κ3) is 3.86. The lowest BCUT2D eigenvalue weighted by Gasteiger charge is -2.16. The van der Waals surface area contributed by atoms with Crippen molar-refractivity contribution in [3.05, 3.63) is 59.5 Å². The van der Waals surface area contributed by atoms with Gasteiger partial charge >= 0.3 is 0 Å². The predicted molar refractivity (Wildman–Crippen MR) is 89.8 cm³/mol. The Morgan fingerprint density at radius 1 is 1.43 bits per heavy atom. The molecule has 3 N–H and O–H groups in total. The lowest BCUT2D eigenvalue weighted by Crippen LogP contribution is -2.22. The highest BCUT2D eigenvalue weighted by Gasteiger charge is 2.15. The Kier molecular flexibility index (Phi) is 5.00. The van der Waals surface area contributed by atoms with Gasteiger partial charge in [0.2, 0.25) is 0 Å². The summed E-state index contributed by atoms with van der Waals surface area (Å²) in [5, 5.41) is 3.72. The van der Waals surface area contributed by atoms with Crippen LogP contribution in [0.3, 0.4) is 0 Å². The molecule has 1 amide bonds. The molecule has 2 aromatic rings. The maximum Gasteiger partial charge on any atom is 0.263 e. The molecule has 0 bridgehead atoms. The van der Waals surface area contributed by atoms with E-state index in [0.29, 0.717) is 17.1 Å². The minimum atomic E-state index is -0.156. The number of carbonyl (C=O) groups is 1. The zero-order valence-corrected chi connectivity index (χ0v) is 12.8. The highest BCUT2D eigenvalue weighted by Crippen LogP contribution is 2.32. The first-order valence-corrected chi connectivity index (χ1v) is 7.47. The number of carbonyl (C=O) groups excluding carboxylic acids is 1. The average Bonchev–Trinajstić information content (AvgIpc) is 2.88. The smallest absolute Gasteiger partial charge is 0.263 e. The van der Waals surface area contributed by atoms with E-state index in [1.54, 1.807) is 6.08 Å². The fourth-order valence-corrected chi connectivity index (χ4v) is 2.89. The van der Waals surface area contributed by atoms with E-state index in [4.69, 9.17) is 5.73 Å². The molecule has 0 saturated heterocycles. The summed E-state index contributed by atoms with van der Waals surface area (Å²) >= 11 is 1.40. The number of thiophene rings is 1. The third-order valence-electron chi connectivity index (χ3n) is 3.00. The summed E-state index contributed by atoms with van der Waals surface area (Å²) in [6.07, 6.45) is 1.64. The van der Waals surface area contributed by atoms with Crippen LogP contribution in [0.25, 0.3) is 0 Å². The summed E-state index contributed by atoms with van der Waals surface area (Å²) in [4.78, 5) is 14.6. The van der Waals surface area contributed by atoms with Crippen LogP contribution in [0.4, 0.5) is 10.7 Å². The minimum absolute atomic E-state index is 0.156. The fraction of sp³-hybridized carbons (Fsp3) is 0.188. The van der Waals surface area contributed by atoms with Crippen molar-refractivity contribution in [2.45, 2.75) is 6.54 Å². The predicted octanol–water partition coefficient (Wildman–Crippen LogP) is 2.88. The molecule has 0 unspecified atom stereocenters. The monoisotopic (exact) mass is 301 g/mol. The number of amides is 1. The molecule has 0 aliphatic heterocycles. The number of hydrogen-bond donors (Lipinski definition) is 2. The van der Waals surface area contributed by atoms with Crippen LogP contribution in [0.2, 0.25) is 0 Å². The Morgan fingerprint density at radius 3 is 2.81 bits per heavy atom. The van der Waals surface area contributed by atoms with Crippen LogP contribution in [0.1, 0.15) is 15.2 Å². The minimum Gasteiger partial charge on any atom is -0.397 e. The van der Waals surface area contributed by atoms with E-state index in [2.05, 4.69) is 28.9 Å². The van der Waals surface area contributed by atoms with Crippen molar-refractivity contribution in [3.63, 3.8) is 0 Å². The fourth-order valence-electron chi connectivity index (χ4n) is 1.94. The molecular weight excluding hydrogens is 282 g/mol. The van der Waals surface area contributed by atoms with Gasteiger partial charge in [-0.1, -0.05) is 36.4 Å². The van der Waals surface area contributed by atoms with Gasteiger partial charge in [0.15, 0.2) is 0 Å². The Hall–Kier alpha value is -2.27. The molecule has 0 saturated carbocycles. The van der Waals surface area contributed by atoms with E-state index in [-0.39, 0.29) is 5.91 Å². The summed E-state index contributed by atoms with van der Waals surface area (Å²) in [6.45, 7) is 4.79. The van der Waals surface area contributed by atoms with Crippen molar-refractivity contribution >= 4 is 27.9 Å². The van der Waals surface area contributed by atoms with Gasteiger partial charge in [0.25, 0.3) is 5.91 Å². The molecule has 1 aromatic carbocycles. The first-order chi connectivity index (χ1) is 10.1. The van der Waals surface area contributed by atoms with Crippen LogP contribution < -0.4 is 16.0 Å². The summed E-state index contributed by atoms with van der Waals surface area (Å²) in [7, 11) is 1.99. The maximum absolute atomic E-state index is 12.0. The number of hydrogen-bond acceptors (Lipinski definition) is 4. The van der Waals surface area contributed by atoms with E-state index >= 15 is 0 Å². The van der Waals surface area contributed by atoms with Crippen molar-refractivity contribution in [2.24, 2.45) is 0 Å². The zero-order chi connectivity index (χ0) is 15.2. The molecule has 1 heterocycles. The van der Waals surface area contributed by atoms with E-state index in [1.165, 1.54) is 16.9 Å². The molecule has 0 spiro atoms. The van der Waals surface area contributed by atoms with Crippen molar-refractivity contribution in [1.29, 1.82) is 0 Å². The average molecular weight is 301 g/mol. The van der Waals surface area contributed by atoms with Gasteiger partial charge < -0.3 is 16.0 Å². The number of benzene rings is 1. The van der Waals surface area contributed by atoms with Gasteiger partial charge in [-0.2, -0.15) is 0 Å². The summed E-state index contributed by atoms with van der Waals surface area (Å²) < 4.78 is 0. The normalized spacial score (nSPS) is 10.1. The summed E-state index contributed by atoms with van der Waals surface area (Å²) in [6, 6.07) is 12.0. The van der Waals surface area contributed by atoms with Gasteiger partial charge in [-0.15, -0.1) is 17.9 Å². The highest BCUT2D eigenvalue weighted by molar-refractivity contribution is 7.18. The Bertz CT molecular complexity index is 622. The van der Waals surface area contributed by atoms with Crippen LogP contribution in [-0.2, 0) is 6.54 Å². The standard InChI is InChI=1S/C16H19N3OS/c1-3-9-18-16(20)15-13(17)10-14(21-15)19(2)11-12-7-5-4-6-8-12/h3-8,10H,1,9,11,17H2,2H3,(H,18,20). The molecule has 0 radical (unpaired) electrons. The van der Waals surface area contributed by atoms with Crippen LogP contribution in [0.15, 0.2) is 49.1 Å². The van der Waals surface area contributed by atoms with Crippen molar-refractivity contribution < 1.29 is 4.79 Å². The number of nitrogens with zero attached hydrogens (tertiary/aromatic N) is 1. The first-order valence-electron chi connectivity index (χ1n) is 6.65. The molecule has 0 fully saturated rings. The summed E-state index contributed by atoms with van der Waals surface area (Å²) in [5.41, 5.74) is 7.67. The number of rotatable bonds is 6. The lowest BCUT2D eigenvalue weighted by atomic mass is 10.2. The molecule has 0 atom stereocenters. The highest BCUT2D eigenvalue weighted by atomic mass is 32.1. The second-order valence-corrected chi connectivity index (χ2v) is 5.74. The van der Waals surface area contributed by atoms with Crippen molar-refractivity contribution in [2.75, 3.05) is 24.2 Å². The van der Waals surface area contributed by atoms with Crippen molar-refractivity contribution in [3.8, 4) is 0 Å². The second kappa shape index (κ2) is 6.95. The SMILES string of the molecule is C=CCNC(=O)c1sc(N(C)Cc2ccccc2)cc1N. The number of nitrogens with one attached hydrogen (secondary N) is 1. The number of nitrogen functional groups attached to an aromatic ring is 1. The number of anilines is 2. The third-order valence-corrected chi connectivity index (χ3v) is 4.26. The maximum atomic E-state index is 12.0. The molecule has 5 heteroatoms.